The summed E-state index contributed by atoms with van der Waals surface area (Å²) in [5, 5.41) is 10.3. The van der Waals surface area contributed by atoms with Gasteiger partial charge in [0.25, 0.3) is 11.8 Å². The van der Waals surface area contributed by atoms with Crippen LogP contribution in [0.3, 0.4) is 0 Å². The molecule has 180 valence electrons. The van der Waals surface area contributed by atoms with Gasteiger partial charge in [-0.25, -0.2) is 4.39 Å². The number of hydrogen-bond donors (Lipinski definition) is 4. The van der Waals surface area contributed by atoms with Crippen LogP contribution in [0.1, 0.15) is 36.6 Å². The molecule has 0 radical (unpaired) electrons. The van der Waals surface area contributed by atoms with Gasteiger partial charge in [0.15, 0.2) is 12.2 Å². The monoisotopic (exact) mass is 482 g/mol. The Labute approximate surface area is 197 Å². The zero-order valence-electron chi connectivity index (χ0n) is 18.5. The van der Waals surface area contributed by atoms with Gasteiger partial charge in [0.2, 0.25) is 0 Å². The summed E-state index contributed by atoms with van der Waals surface area (Å²) in [6.07, 6.45) is -2.13. The first-order chi connectivity index (χ1) is 15.2. The van der Waals surface area contributed by atoms with Crippen LogP contribution in [0, 0.1) is 11.2 Å². The number of nitrogens with two attached hydrogens (primary N) is 2. The second-order valence-corrected chi connectivity index (χ2v) is 6.84. The minimum atomic E-state index is -1.18. The summed E-state index contributed by atoms with van der Waals surface area (Å²) in [4.78, 5) is 24.2. The first kappa shape index (κ1) is 27.7. The Hall–Kier alpha value is -3.37. The summed E-state index contributed by atoms with van der Waals surface area (Å²) >= 11 is 0. The van der Waals surface area contributed by atoms with Crippen LogP contribution in [0.15, 0.2) is 36.4 Å². The van der Waals surface area contributed by atoms with Crippen LogP contribution in [0.4, 0.5) is 4.39 Å². The van der Waals surface area contributed by atoms with Gasteiger partial charge in [-0.05, 0) is 32.0 Å². The molecule has 9 nitrogen and oxygen atoms in total. The molecule has 11 heteroatoms. The molecule has 0 aliphatic heterocycles. The highest BCUT2D eigenvalue weighted by Gasteiger charge is 2.25. The first-order valence-corrected chi connectivity index (χ1v) is 9.83. The Kier molecular flexibility index (Phi) is 10.6. The molecule has 2 aromatic rings. The molecule has 2 rings (SSSR count). The standard InChI is InChI=1S/C22H27FN4O5.ClH/c1-4-31-19(16-8-7-15(30-3)10-17(16)23)22(29)27-11-14-6-5-13(20(24)25)9-18(14)32-12(2)21(26)28;/h5-10,12,19H,4,11H2,1-3H3,(H3,24,25)(H2,26,28)(H,27,29);1H/t12?,19-;/m0./s1. The number of ether oxygens (including phenoxy) is 3. The van der Waals surface area contributed by atoms with E-state index in [-0.39, 0.29) is 42.7 Å². The van der Waals surface area contributed by atoms with E-state index in [1.54, 1.807) is 19.1 Å². The van der Waals surface area contributed by atoms with E-state index in [0.29, 0.717) is 16.9 Å². The van der Waals surface area contributed by atoms with Crippen molar-refractivity contribution in [2.75, 3.05) is 13.7 Å². The lowest BCUT2D eigenvalue weighted by Crippen LogP contribution is -2.33. The number of carbonyl (C=O) groups is 2. The van der Waals surface area contributed by atoms with Gasteiger partial charge in [0.05, 0.1) is 7.11 Å². The zero-order valence-corrected chi connectivity index (χ0v) is 19.3. The second-order valence-electron chi connectivity index (χ2n) is 6.84. The molecular formula is C22H28ClFN4O5. The van der Waals surface area contributed by atoms with Crippen LogP contribution in [0.25, 0.3) is 0 Å². The molecule has 0 heterocycles. The van der Waals surface area contributed by atoms with E-state index in [0.717, 1.165) is 0 Å². The molecule has 2 aromatic carbocycles. The van der Waals surface area contributed by atoms with Gasteiger partial charge in [0.1, 0.15) is 23.2 Å². The van der Waals surface area contributed by atoms with E-state index >= 15 is 0 Å². The smallest absolute Gasteiger partial charge is 0.258 e. The fourth-order valence-electron chi connectivity index (χ4n) is 2.82. The van der Waals surface area contributed by atoms with Crippen molar-refractivity contribution in [3.63, 3.8) is 0 Å². The van der Waals surface area contributed by atoms with Gasteiger partial charge < -0.3 is 31.0 Å². The third kappa shape index (κ3) is 7.33. The molecule has 0 spiro atoms. The Morgan fingerprint density at radius 3 is 2.42 bits per heavy atom. The van der Waals surface area contributed by atoms with Crippen molar-refractivity contribution in [1.29, 1.82) is 5.41 Å². The molecule has 0 bridgehead atoms. The number of methoxy groups -OCH3 is 1. The largest absolute Gasteiger partial charge is 0.497 e. The molecule has 0 saturated heterocycles. The number of primary amides is 1. The Morgan fingerprint density at radius 1 is 1.18 bits per heavy atom. The summed E-state index contributed by atoms with van der Waals surface area (Å²) in [7, 11) is 1.41. The highest BCUT2D eigenvalue weighted by molar-refractivity contribution is 5.95. The summed E-state index contributed by atoms with van der Waals surface area (Å²) in [5.41, 5.74) is 11.7. The number of amides is 2. The summed E-state index contributed by atoms with van der Waals surface area (Å²) in [6, 6.07) is 8.80. The van der Waals surface area contributed by atoms with Crippen LogP contribution in [-0.2, 0) is 20.9 Å². The van der Waals surface area contributed by atoms with E-state index in [1.807, 2.05) is 0 Å². The van der Waals surface area contributed by atoms with Crippen molar-refractivity contribution in [3.8, 4) is 11.5 Å². The molecular weight excluding hydrogens is 455 g/mol. The van der Waals surface area contributed by atoms with E-state index in [2.05, 4.69) is 5.32 Å². The number of rotatable bonds is 11. The first-order valence-electron chi connectivity index (χ1n) is 9.83. The average Bonchev–Trinajstić information content (AvgIpc) is 2.76. The third-order valence-electron chi connectivity index (χ3n) is 4.60. The molecule has 6 N–H and O–H groups in total. The molecule has 0 saturated carbocycles. The maximum Gasteiger partial charge on any atom is 0.258 e. The van der Waals surface area contributed by atoms with Crippen molar-refractivity contribution in [2.24, 2.45) is 11.5 Å². The van der Waals surface area contributed by atoms with Gasteiger partial charge in [-0.2, -0.15) is 0 Å². The van der Waals surface area contributed by atoms with Crippen molar-refractivity contribution < 1.29 is 28.2 Å². The summed E-state index contributed by atoms with van der Waals surface area (Å²) < 4.78 is 30.6. The highest BCUT2D eigenvalue weighted by Crippen LogP contribution is 2.26. The minimum absolute atomic E-state index is 0. The number of nitrogen functional groups attached to an aromatic ring is 1. The topological polar surface area (TPSA) is 150 Å². The van der Waals surface area contributed by atoms with E-state index in [9.17, 15) is 14.0 Å². The molecule has 2 atom stereocenters. The number of nitrogens with one attached hydrogen (secondary N) is 2. The van der Waals surface area contributed by atoms with Crippen molar-refractivity contribution >= 4 is 30.1 Å². The normalized spacial score (nSPS) is 12.1. The number of amidine groups is 1. The van der Waals surface area contributed by atoms with Gasteiger partial charge in [-0.15, -0.1) is 12.4 Å². The lowest BCUT2D eigenvalue weighted by atomic mass is 10.1. The fraction of sp³-hybridized carbons (Fsp3) is 0.318. The van der Waals surface area contributed by atoms with Gasteiger partial charge in [-0.1, -0.05) is 12.1 Å². The van der Waals surface area contributed by atoms with Crippen LogP contribution in [0.5, 0.6) is 11.5 Å². The molecule has 1 unspecified atom stereocenters. The molecule has 0 aliphatic carbocycles. The van der Waals surface area contributed by atoms with Crippen molar-refractivity contribution in [1.82, 2.24) is 5.32 Å². The lowest BCUT2D eigenvalue weighted by molar-refractivity contribution is -0.133. The summed E-state index contributed by atoms with van der Waals surface area (Å²) in [5.74, 6) is -1.53. The maximum atomic E-state index is 14.5. The Morgan fingerprint density at radius 2 is 1.88 bits per heavy atom. The van der Waals surface area contributed by atoms with E-state index < -0.39 is 29.8 Å². The molecule has 0 aliphatic rings. The number of benzene rings is 2. The minimum Gasteiger partial charge on any atom is -0.497 e. The number of hydrogen-bond acceptors (Lipinski definition) is 6. The zero-order chi connectivity index (χ0) is 23.8. The highest BCUT2D eigenvalue weighted by atomic mass is 35.5. The van der Waals surface area contributed by atoms with Crippen molar-refractivity contribution in [3.05, 3.63) is 58.9 Å². The molecule has 0 fully saturated rings. The fourth-order valence-corrected chi connectivity index (χ4v) is 2.82. The van der Waals surface area contributed by atoms with Crippen molar-refractivity contribution in [2.45, 2.75) is 32.6 Å². The predicted octanol–water partition coefficient (Wildman–Crippen LogP) is 2.19. The quantitative estimate of drug-likeness (QED) is 0.285. The molecule has 33 heavy (non-hydrogen) atoms. The third-order valence-corrected chi connectivity index (χ3v) is 4.60. The van der Waals surface area contributed by atoms with Crippen LogP contribution in [-0.4, -0.2) is 37.5 Å². The summed E-state index contributed by atoms with van der Waals surface area (Å²) in [6.45, 7) is 3.34. The van der Waals surface area contributed by atoms with Gasteiger partial charge in [-0.3, -0.25) is 15.0 Å². The lowest BCUT2D eigenvalue weighted by Gasteiger charge is -2.20. The van der Waals surface area contributed by atoms with E-state index in [4.69, 9.17) is 31.1 Å². The van der Waals surface area contributed by atoms with Gasteiger partial charge in [0, 0.05) is 35.9 Å². The van der Waals surface area contributed by atoms with Gasteiger partial charge >= 0.3 is 0 Å². The average molecular weight is 483 g/mol. The van der Waals surface area contributed by atoms with Crippen LogP contribution < -0.4 is 26.3 Å². The van der Waals surface area contributed by atoms with Crippen LogP contribution in [0.2, 0.25) is 0 Å². The molecule has 0 aromatic heterocycles. The number of carbonyl (C=O) groups excluding carboxylic acids is 2. The molecule has 2 amide bonds. The maximum absolute atomic E-state index is 14.5. The Bertz CT molecular complexity index is 1000. The Balaban J connectivity index is 0.00000544. The SMILES string of the molecule is CCO[C@H](C(=O)NCc1ccc(C(=N)N)cc1OC(C)C(N)=O)c1ccc(OC)cc1F.Cl. The second kappa shape index (κ2) is 12.6. The van der Waals surface area contributed by atoms with Crippen LogP contribution >= 0.6 is 12.4 Å². The van der Waals surface area contributed by atoms with E-state index in [1.165, 1.54) is 38.3 Å². The predicted molar refractivity (Wildman–Crippen MR) is 123 cm³/mol. The number of halogens is 2.